The molecule has 0 aliphatic rings. The third kappa shape index (κ3) is 10.9. The molecule has 0 radical (unpaired) electrons. The number of benzene rings is 19. The van der Waals surface area contributed by atoms with E-state index in [0.29, 0.717) is 0 Å². The van der Waals surface area contributed by atoms with Gasteiger partial charge < -0.3 is 28.1 Å². The van der Waals surface area contributed by atoms with Crippen LogP contribution in [0, 0.1) is 0 Å². The number of para-hydroxylation sites is 5. The molecule has 4 heterocycles. The van der Waals surface area contributed by atoms with Crippen molar-refractivity contribution >= 4 is 143 Å². The maximum absolute atomic E-state index is 2.49. The van der Waals surface area contributed by atoms with Gasteiger partial charge in [-0.3, -0.25) is 0 Å². The van der Waals surface area contributed by atoms with Gasteiger partial charge in [-0.05, 0) is 230 Å². The predicted octanol–water partition coefficient (Wildman–Crippen LogP) is 30.0. The molecular formula is C110H72N6. The molecule has 0 bridgehead atoms. The minimum atomic E-state index is 1.07. The molecule has 542 valence electrons. The number of rotatable bonds is 14. The fourth-order valence-corrected chi connectivity index (χ4v) is 18.5. The number of aromatic nitrogens is 4. The predicted molar refractivity (Wildman–Crippen MR) is 490 cm³/mol. The monoisotopic (exact) mass is 1480 g/mol. The summed E-state index contributed by atoms with van der Waals surface area (Å²) in [5.41, 5.74) is 29.7. The molecule has 23 aromatic rings. The number of hydrogen-bond donors (Lipinski definition) is 0. The molecule has 0 saturated carbocycles. The standard InChI is InChI=1S/C110H72N6/c1-4-21-73(22-5-1)76-41-53-88(54-42-76)112(92-30-20-27-81(70-92)74-23-6-2-7-24-74)89-61-63-91(64-62-89)116-102-36-17-13-32-96(102)98-66-68-106-108(110(98)116)100-34-15-19-38-104(100)114(106)94-60-50-83-69-82(39-40-84(83)72-94)79-47-55-87(56-48-79)111(85-28-8-3-9-29-85)86-51-43-77(44-52-86)78-45-57-90(58-46-78)115-101-35-16-12-31-95(101)97-65-67-105-107(109(97)115)99-33-14-18-37-103(99)113(105)93-59-49-75-25-10-11-26-80(75)71-93/h1-72H. The van der Waals surface area contributed by atoms with Crippen LogP contribution in [0.3, 0.4) is 0 Å². The zero-order valence-electron chi connectivity index (χ0n) is 63.3. The van der Waals surface area contributed by atoms with Gasteiger partial charge in [-0.1, -0.05) is 273 Å². The smallest absolute Gasteiger partial charge is 0.0641 e. The molecule has 0 unspecified atom stereocenters. The van der Waals surface area contributed by atoms with Crippen molar-refractivity contribution in [3.63, 3.8) is 0 Å². The normalized spacial score (nSPS) is 11.8. The first-order chi connectivity index (χ1) is 57.5. The van der Waals surface area contributed by atoms with Crippen LogP contribution >= 0.6 is 0 Å². The highest BCUT2D eigenvalue weighted by atomic mass is 15.1. The molecule has 19 aromatic carbocycles. The average molecular weight is 1480 g/mol. The van der Waals surface area contributed by atoms with Crippen LogP contribution in [0.4, 0.5) is 34.1 Å². The maximum atomic E-state index is 2.49. The third-order valence-electron chi connectivity index (χ3n) is 23.9. The molecule has 0 fully saturated rings. The molecule has 0 amide bonds. The Morgan fingerprint density at radius 1 is 0.147 bits per heavy atom. The number of anilines is 6. The molecule has 116 heavy (non-hydrogen) atoms. The Morgan fingerprint density at radius 3 is 0.957 bits per heavy atom. The summed E-state index contributed by atoms with van der Waals surface area (Å²) in [4.78, 5) is 4.73. The van der Waals surface area contributed by atoms with Gasteiger partial charge >= 0.3 is 0 Å². The summed E-state index contributed by atoms with van der Waals surface area (Å²) in [6.07, 6.45) is 0. The molecule has 0 saturated heterocycles. The van der Waals surface area contributed by atoms with Crippen molar-refractivity contribution in [1.82, 2.24) is 18.3 Å². The lowest BCUT2D eigenvalue weighted by molar-refractivity contribution is 1.17. The Bertz CT molecular complexity index is 7770. The van der Waals surface area contributed by atoms with Gasteiger partial charge in [-0.15, -0.1) is 0 Å². The summed E-state index contributed by atoms with van der Waals surface area (Å²) in [6, 6.07) is 160. The van der Waals surface area contributed by atoms with Crippen LogP contribution in [0.15, 0.2) is 437 Å². The molecule has 0 aliphatic heterocycles. The molecule has 6 heteroatoms. The van der Waals surface area contributed by atoms with Crippen LogP contribution in [-0.4, -0.2) is 18.3 Å². The summed E-state index contributed by atoms with van der Waals surface area (Å²) in [5.74, 6) is 0. The summed E-state index contributed by atoms with van der Waals surface area (Å²) >= 11 is 0. The van der Waals surface area contributed by atoms with Crippen molar-refractivity contribution in [3.8, 4) is 67.3 Å². The summed E-state index contributed by atoms with van der Waals surface area (Å²) in [6.45, 7) is 0. The van der Waals surface area contributed by atoms with Crippen molar-refractivity contribution in [2.24, 2.45) is 0 Å². The Hall–Kier alpha value is -15.5. The highest BCUT2D eigenvalue weighted by Crippen LogP contribution is 2.47. The fourth-order valence-electron chi connectivity index (χ4n) is 18.5. The highest BCUT2D eigenvalue weighted by Gasteiger charge is 2.25. The lowest BCUT2D eigenvalue weighted by Gasteiger charge is -2.26. The van der Waals surface area contributed by atoms with E-state index in [1.807, 2.05) is 0 Å². The molecule has 23 rings (SSSR count). The van der Waals surface area contributed by atoms with Crippen LogP contribution in [0.1, 0.15) is 0 Å². The van der Waals surface area contributed by atoms with Crippen LogP contribution in [0.2, 0.25) is 0 Å². The van der Waals surface area contributed by atoms with Crippen LogP contribution in [-0.2, 0) is 0 Å². The fraction of sp³-hybridized carbons (Fsp3) is 0. The summed E-state index contributed by atoms with van der Waals surface area (Å²) in [7, 11) is 0. The van der Waals surface area contributed by atoms with E-state index in [4.69, 9.17) is 0 Å². The second-order valence-electron chi connectivity index (χ2n) is 30.4. The van der Waals surface area contributed by atoms with Crippen LogP contribution in [0.5, 0.6) is 0 Å². The minimum Gasteiger partial charge on any atom is -0.311 e. The third-order valence-corrected chi connectivity index (χ3v) is 23.9. The van der Waals surface area contributed by atoms with E-state index in [9.17, 15) is 0 Å². The van der Waals surface area contributed by atoms with Crippen molar-refractivity contribution in [2.75, 3.05) is 9.80 Å². The van der Waals surface area contributed by atoms with E-state index in [1.165, 1.54) is 114 Å². The summed E-state index contributed by atoms with van der Waals surface area (Å²) < 4.78 is 9.88. The van der Waals surface area contributed by atoms with Gasteiger partial charge in [0.25, 0.3) is 0 Å². The van der Waals surface area contributed by atoms with Crippen molar-refractivity contribution in [1.29, 1.82) is 0 Å². The number of hydrogen-bond acceptors (Lipinski definition) is 2. The largest absolute Gasteiger partial charge is 0.311 e. The SMILES string of the molecule is c1ccc(-c2ccc(N(c3ccc(-n4c5ccccc5c5ccc6c(c7ccccc7n6-c6ccc7cc(-c8ccc(N(c9ccccc9)c9ccc(-c%10ccc(-n%11c%12ccccc%12c%12ccc%13c(c%14ccccc%14n%13-c%13ccc%14ccccc%14c%13)c%12%11)cc%10)cc9)cc8)ccc7c6)c54)cc3)c3cccc(-c4ccccc4)c3)cc2)cc1. The van der Waals surface area contributed by atoms with Crippen molar-refractivity contribution in [2.45, 2.75) is 0 Å². The van der Waals surface area contributed by atoms with E-state index in [1.54, 1.807) is 0 Å². The zero-order chi connectivity index (χ0) is 76.3. The van der Waals surface area contributed by atoms with Crippen molar-refractivity contribution < 1.29 is 0 Å². The first kappa shape index (κ1) is 66.3. The van der Waals surface area contributed by atoms with E-state index >= 15 is 0 Å². The van der Waals surface area contributed by atoms with E-state index in [-0.39, 0.29) is 0 Å². The van der Waals surface area contributed by atoms with E-state index in [2.05, 4.69) is 465 Å². The maximum Gasteiger partial charge on any atom is 0.0641 e. The molecule has 0 N–H and O–H groups in total. The molecule has 4 aromatic heterocycles. The molecule has 0 atom stereocenters. The summed E-state index contributed by atoms with van der Waals surface area (Å²) in [5, 5.41) is 14.6. The van der Waals surface area contributed by atoms with Crippen LogP contribution < -0.4 is 9.80 Å². The van der Waals surface area contributed by atoms with E-state index < -0.39 is 0 Å². The molecular weight excluding hydrogens is 1410 g/mol. The topological polar surface area (TPSA) is 26.2 Å². The van der Waals surface area contributed by atoms with Gasteiger partial charge in [-0.25, -0.2) is 0 Å². The second kappa shape index (κ2) is 27.2. The lowest BCUT2D eigenvalue weighted by Crippen LogP contribution is -2.10. The van der Waals surface area contributed by atoms with Gasteiger partial charge in [0.15, 0.2) is 0 Å². The van der Waals surface area contributed by atoms with Gasteiger partial charge in [-0.2, -0.15) is 0 Å². The van der Waals surface area contributed by atoms with Gasteiger partial charge in [0.2, 0.25) is 0 Å². The Morgan fingerprint density at radius 2 is 0.448 bits per heavy atom. The molecule has 6 nitrogen and oxygen atoms in total. The van der Waals surface area contributed by atoms with Crippen molar-refractivity contribution in [3.05, 3.63) is 437 Å². The quantitative estimate of drug-likeness (QED) is 0.108. The number of nitrogens with zero attached hydrogens (tertiary/aromatic N) is 6. The molecule has 0 spiro atoms. The Balaban J connectivity index is 0.550. The highest BCUT2D eigenvalue weighted by molar-refractivity contribution is 6.28. The van der Waals surface area contributed by atoms with Gasteiger partial charge in [0.1, 0.15) is 0 Å². The lowest BCUT2D eigenvalue weighted by atomic mass is 10.00. The Kier molecular flexibility index (Phi) is 15.5. The number of fused-ring (bicyclic) bond motifs is 16. The van der Waals surface area contributed by atoms with E-state index in [0.717, 1.165) is 95.7 Å². The first-order valence-electron chi connectivity index (χ1n) is 39.9. The second-order valence-corrected chi connectivity index (χ2v) is 30.4. The van der Waals surface area contributed by atoms with Gasteiger partial charge in [0, 0.05) is 100.0 Å². The average Bonchev–Trinajstić information content (AvgIpc) is 1.55. The van der Waals surface area contributed by atoms with Gasteiger partial charge in [0.05, 0.1) is 44.1 Å². The first-order valence-corrected chi connectivity index (χ1v) is 39.9. The van der Waals surface area contributed by atoms with Crippen LogP contribution in [0.25, 0.3) is 176 Å². The zero-order valence-corrected chi connectivity index (χ0v) is 63.3. The molecule has 0 aliphatic carbocycles. The minimum absolute atomic E-state index is 1.07. The Labute approximate surface area is 670 Å².